The van der Waals surface area contributed by atoms with Gasteiger partial charge in [0.25, 0.3) is 0 Å². The van der Waals surface area contributed by atoms with E-state index in [0.717, 1.165) is 24.9 Å². The van der Waals surface area contributed by atoms with Crippen LogP contribution in [0.25, 0.3) is 10.9 Å². The van der Waals surface area contributed by atoms with Crippen LogP contribution in [0.1, 0.15) is 25.3 Å². The summed E-state index contributed by atoms with van der Waals surface area (Å²) < 4.78 is 0. The Morgan fingerprint density at radius 2 is 2.12 bits per heavy atom. The largest absolute Gasteiger partial charge is 0.361 e. The number of fused-ring (bicyclic) bond motifs is 1. The molecule has 0 aliphatic carbocycles. The van der Waals surface area contributed by atoms with E-state index in [4.69, 9.17) is 0 Å². The maximum atomic E-state index is 12.4. The Morgan fingerprint density at radius 1 is 1.33 bits per heavy atom. The smallest absolute Gasteiger partial charge is 0.242 e. The highest BCUT2D eigenvalue weighted by atomic mass is 16.2. The minimum atomic E-state index is -0.485. The molecule has 1 heterocycles. The lowest BCUT2D eigenvalue weighted by Gasteiger charge is -2.19. The fourth-order valence-electron chi connectivity index (χ4n) is 2.88. The molecule has 2 amide bonds. The van der Waals surface area contributed by atoms with Gasteiger partial charge in [-0.15, -0.1) is 0 Å². The van der Waals surface area contributed by atoms with Gasteiger partial charge in [0.1, 0.15) is 6.04 Å². The summed E-state index contributed by atoms with van der Waals surface area (Å²) in [5.74, 6) is -0.134. The lowest BCUT2D eigenvalue weighted by atomic mass is 10.0. The number of hydrogen-bond acceptors (Lipinski definition) is 3. The Hall–Kier alpha value is -2.34. The summed E-state index contributed by atoms with van der Waals surface area (Å²) in [7, 11) is 1.87. The first-order valence-electron chi connectivity index (χ1n) is 8.35. The van der Waals surface area contributed by atoms with Gasteiger partial charge >= 0.3 is 0 Å². The standard InChI is InChI=1S/C18H26N4O2/c1-13(10-14-11-20-16-7-4-3-6-15(14)16)22-18(24)17(21-12-23)8-5-9-19-2/h3-4,6-7,11-13,17,19-20H,5,8-10H2,1-2H3,(H,21,23)(H,22,24)/t13?,17-/m0/s1. The van der Waals surface area contributed by atoms with E-state index in [1.54, 1.807) is 0 Å². The number of rotatable bonds is 10. The molecular formula is C18H26N4O2. The van der Waals surface area contributed by atoms with Crippen LogP contribution in [-0.4, -0.2) is 43.0 Å². The SMILES string of the molecule is CNCCC[C@H](NC=O)C(=O)NC(C)Cc1c[nH]c2ccccc12. The third kappa shape index (κ3) is 4.83. The summed E-state index contributed by atoms with van der Waals surface area (Å²) in [4.78, 5) is 26.3. The van der Waals surface area contributed by atoms with Gasteiger partial charge in [0.05, 0.1) is 0 Å². The number of H-pyrrole nitrogens is 1. The summed E-state index contributed by atoms with van der Waals surface area (Å²) in [5.41, 5.74) is 2.27. The first kappa shape index (κ1) is 18.0. The van der Waals surface area contributed by atoms with E-state index in [9.17, 15) is 9.59 Å². The molecule has 0 bridgehead atoms. The predicted octanol–water partition coefficient (Wildman–Crippen LogP) is 1.33. The molecule has 1 aromatic carbocycles. The van der Waals surface area contributed by atoms with Crippen LogP contribution in [0.4, 0.5) is 0 Å². The first-order chi connectivity index (χ1) is 11.7. The average molecular weight is 330 g/mol. The monoisotopic (exact) mass is 330 g/mol. The van der Waals surface area contributed by atoms with Crippen LogP contribution < -0.4 is 16.0 Å². The maximum Gasteiger partial charge on any atom is 0.242 e. The molecule has 0 fully saturated rings. The molecule has 6 nitrogen and oxygen atoms in total. The van der Waals surface area contributed by atoms with Gasteiger partial charge in [-0.3, -0.25) is 9.59 Å². The molecule has 0 radical (unpaired) electrons. The molecule has 2 aromatic rings. The molecule has 0 spiro atoms. The topological polar surface area (TPSA) is 86.0 Å². The van der Waals surface area contributed by atoms with Gasteiger partial charge in [-0.1, -0.05) is 18.2 Å². The van der Waals surface area contributed by atoms with Crippen molar-refractivity contribution in [3.63, 3.8) is 0 Å². The number of benzene rings is 1. The molecule has 2 rings (SSSR count). The molecule has 24 heavy (non-hydrogen) atoms. The summed E-state index contributed by atoms with van der Waals surface area (Å²) in [6.07, 6.45) is 4.76. The molecule has 0 saturated carbocycles. The number of carbonyl (C=O) groups is 2. The highest BCUT2D eigenvalue weighted by molar-refractivity contribution is 5.85. The van der Waals surface area contributed by atoms with Gasteiger partial charge in [0.2, 0.25) is 12.3 Å². The van der Waals surface area contributed by atoms with Crippen LogP contribution in [0, 0.1) is 0 Å². The zero-order chi connectivity index (χ0) is 17.4. The van der Waals surface area contributed by atoms with Crippen LogP contribution in [0.2, 0.25) is 0 Å². The van der Waals surface area contributed by atoms with Crippen molar-refractivity contribution in [2.24, 2.45) is 0 Å². The van der Waals surface area contributed by atoms with Crippen molar-refractivity contribution < 1.29 is 9.59 Å². The minimum absolute atomic E-state index is 0.0167. The van der Waals surface area contributed by atoms with Crippen LogP contribution in [0.15, 0.2) is 30.5 Å². The molecule has 4 N–H and O–H groups in total. The third-order valence-electron chi connectivity index (χ3n) is 4.09. The van der Waals surface area contributed by atoms with Crippen molar-refractivity contribution in [3.05, 3.63) is 36.0 Å². The second kappa shape index (κ2) is 9.08. The van der Waals surface area contributed by atoms with Gasteiger partial charge in [-0.25, -0.2) is 0 Å². The van der Waals surface area contributed by atoms with E-state index in [1.807, 2.05) is 38.4 Å². The molecule has 0 aliphatic rings. The predicted molar refractivity (Wildman–Crippen MR) is 95.8 cm³/mol. The van der Waals surface area contributed by atoms with E-state index >= 15 is 0 Å². The first-order valence-corrected chi connectivity index (χ1v) is 8.35. The molecule has 1 aromatic heterocycles. The maximum absolute atomic E-state index is 12.4. The van der Waals surface area contributed by atoms with Gasteiger partial charge < -0.3 is 20.9 Å². The number of nitrogens with one attached hydrogen (secondary N) is 4. The van der Waals surface area contributed by atoms with Crippen molar-refractivity contribution in [2.45, 2.75) is 38.3 Å². The molecule has 130 valence electrons. The Balaban J connectivity index is 1.93. The van der Waals surface area contributed by atoms with E-state index < -0.39 is 6.04 Å². The van der Waals surface area contributed by atoms with Crippen molar-refractivity contribution >= 4 is 23.2 Å². The summed E-state index contributed by atoms with van der Waals surface area (Å²) in [6.45, 7) is 2.79. The lowest BCUT2D eigenvalue weighted by molar-refractivity contribution is -0.126. The van der Waals surface area contributed by atoms with Gasteiger partial charge in [0.15, 0.2) is 0 Å². The van der Waals surface area contributed by atoms with Crippen molar-refractivity contribution in [3.8, 4) is 0 Å². The molecule has 0 aliphatic heterocycles. The Labute approximate surface area is 142 Å². The molecular weight excluding hydrogens is 304 g/mol. The summed E-state index contributed by atoms with van der Waals surface area (Å²) >= 11 is 0. The van der Waals surface area contributed by atoms with Crippen LogP contribution in [0.3, 0.4) is 0 Å². The number of amides is 2. The lowest BCUT2D eigenvalue weighted by Crippen LogP contribution is -2.47. The highest BCUT2D eigenvalue weighted by Crippen LogP contribution is 2.19. The number of aromatic amines is 1. The quantitative estimate of drug-likeness (QED) is 0.392. The van der Waals surface area contributed by atoms with Crippen LogP contribution >= 0.6 is 0 Å². The van der Waals surface area contributed by atoms with Crippen LogP contribution in [-0.2, 0) is 16.0 Å². The van der Waals surface area contributed by atoms with Gasteiger partial charge in [-0.05, 0) is 51.4 Å². The van der Waals surface area contributed by atoms with Crippen molar-refractivity contribution in [1.82, 2.24) is 20.9 Å². The Morgan fingerprint density at radius 3 is 2.88 bits per heavy atom. The number of hydrogen-bond donors (Lipinski definition) is 4. The van der Waals surface area contributed by atoms with Crippen molar-refractivity contribution in [2.75, 3.05) is 13.6 Å². The fraction of sp³-hybridized carbons (Fsp3) is 0.444. The number of aromatic nitrogens is 1. The normalized spacial score (nSPS) is 13.4. The second-order valence-electron chi connectivity index (χ2n) is 6.06. The third-order valence-corrected chi connectivity index (χ3v) is 4.09. The molecule has 0 saturated heterocycles. The second-order valence-corrected chi connectivity index (χ2v) is 6.06. The van der Waals surface area contributed by atoms with Crippen LogP contribution in [0.5, 0.6) is 0 Å². The van der Waals surface area contributed by atoms with E-state index in [1.165, 1.54) is 10.9 Å². The number of carbonyl (C=O) groups excluding carboxylic acids is 2. The highest BCUT2D eigenvalue weighted by Gasteiger charge is 2.19. The minimum Gasteiger partial charge on any atom is -0.361 e. The van der Waals surface area contributed by atoms with E-state index in [2.05, 4.69) is 27.0 Å². The molecule has 1 unspecified atom stereocenters. The summed E-state index contributed by atoms with van der Waals surface area (Å²) in [5, 5.41) is 9.83. The fourth-order valence-corrected chi connectivity index (χ4v) is 2.88. The Bertz CT molecular complexity index is 668. The van der Waals surface area contributed by atoms with Gasteiger partial charge in [-0.2, -0.15) is 0 Å². The van der Waals surface area contributed by atoms with Gasteiger partial charge in [0, 0.05) is 23.1 Å². The number of para-hydroxylation sites is 1. The molecule has 2 atom stereocenters. The van der Waals surface area contributed by atoms with E-state index in [-0.39, 0.29) is 11.9 Å². The van der Waals surface area contributed by atoms with E-state index in [0.29, 0.717) is 12.8 Å². The molecule has 6 heteroatoms. The Kier molecular flexibility index (Phi) is 6.81. The van der Waals surface area contributed by atoms with Crippen molar-refractivity contribution in [1.29, 1.82) is 0 Å². The zero-order valence-corrected chi connectivity index (χ0v) is 14.3. The zero-order valence-electron chi connectivity index (χ0n) is 14.3. The summed E-state index contributed by atoms with van der Waals surface area (Å²) in [6, 6.07) is 7.61. The average Bonchev–Trinajstić information content (AvgIpc) is 2.97.